The second-order valence-corrected chi connectivity index (χ2v) is 10.1. The van der Waals surface area contributed by atoms with Crippen LogP contribution in [0.15, 0.2) is 67.0 Å². The first-order valence-corrected chi connectivity index (χ1v) is 12.8. The van der Waals surface area contributed by atoms with Gasteiger partial charge in [0, 0.05) is 47.0 Å². The van der Waals surface area contributed by atoms with Gasteiger partial charge in [-0.2, -0.15) is 15.3 Å². The highest BCUT2D eigenvalue weighted by Gasteiger charge is 2.23. The Morgan fingerprint density at radius 1 is 0.974 bits per heavy atom. The number of aliphatic hydroxyl groups is 1. The maximum atomic E-state index is 10.9. The number of hydrogen-bond acceptors (Lipinski definition) is 5. The van der Waals surface area contributed by atoms with E-state index in [4.69, 9.17) is 16.6 Å². The summed E-state index contributed by atoms with van der Waals surface area (Å²) in [5, 5.41) is 27.1. The van der Waals surface area contributed by atoms with E-state index in [0.717, 1.165) is 55.8 Å². The number of hydrogen-bond donors (Lipinski definition) is 1. The van der Waals surface area contributed by atoms with Gasteiger partial charge in [-0.1, -0.05) is 56.3 Å². The van der Waals surface area contributed by atoms with E-state index in [9.17, 15) is 5.11 Å². The molecule has 38 heavy (non-hydrogen) atoms. The van der Waals surface area contributed by atoms with Crippen molar-refractivity contribution in [3.05, 3.63) is 89.5 Å². The van der Waals surface area contributed by atoms with Crippen molar-refractivity contribution in [3.8, 4) is 16.9 Å². The Bertz CT molecular complexity index is 1830. The third kappa shape index (κ3) is 4.07. The fourth-order valence-electron chi connectivity index (χ4n) is 5.26. The molecule has 4 aromatic heterocycles. The SMILES string of the molecule is [2H]C(O)(Cn1cc2c(-c3nn(-c4cc5cn(C)nc5nc4C)c(C)c3C(C)C)cccc2n1)c1ccccc1. The maximum absolute atomic E-state index is 10.9. The fraction of sp³-hybridized carbons (Fsp3) is 0.267. The minimum Gasteiger partial charge on any atom is -0.386 e. The number of pyridine rings is 1. The quantitative estimate of drug-likeness (QED) is 0.316. The molecule has 1 atom stereocenters. The summed E-state index contributed by atoms with van der Waals surface area (Å²) in [4.78, 5) is 4.74. The van der Waals surface area contributed by atoms with Crippen molar-refractivity contribution in [1.29, 1.82) is 0 Å². The molecule has 6 rings (SSSR count). The zero-order valence-corrected chi connectivity index (χ0v) is 22.2. The molecule has 0 saturated carbocycles. The standard InChI is InChI=1S/C30H31N7O/c1-18(2)28-20(4)37(26-14-22-15-35(5)34-30(22)31-19(26)3)33-29(28)23-12-9-13-25-24(23)16-36(32-25)17-27(38)21-10-7-6-8-11-21/h6-16,18,27,38H,17H2,1-5H3/i27D. The number of rotatable bonds is 6. The highest BCUT2D eigenvalue weighted by Crippen LogP contribution is 2.37. The van der Waals surface area contributed by atoms with Crippen LogP contribution >= 0.6 is 0 Å². The predicted molar refractivity (Wildman–Crippen MR) is 149 cm³/mol. The van der Waals surface area contributed by atoms with E-state index in [0.29, 0.717) is 5.56 Å². The van der Waals surface area contributed by atoms with E-state index in [2.05, 4.69) is 38.0 Å². The van der Waals surface area contributed by atoms with Gasteiger partial charge in [-0.3, -0.25) is 9.36 Å². The Morgan fingerprint density at radius 2 is 1.76 bits per heavy atom. The van der Waals surface area contributed by atoms with E-state index in [1.807, 2.05) is 61.4 Å². The van der Waals surface area contributed by atoms with E-state index < -0.39 is 6.08 Å². The third-order valence-corrected chi connectivity index (χ3v) is 7.01. The van der Waals surface area contributed by atoms with Gasteiger partial charge in [-0.25, -0.2) is 9.67 Å². The summed E-state index contributed by atoms with van der Waals surface area (Å²) in [6.07, 6.45) is 2.06. The fourth-order valence-corrected chi connectivity index (χ4v) is 5.26. The summed E-state index contributed by atoms with van der Waals surface area (Å²) in [5.74, 6) is 0.228. The third-order valence-electron chi connectivity index (χ3n) is 7.01. The molecule has 0 aliphatic rings. The molecule has 4 heterocycles. The molecular weight excluding hydrogens is 474 g/mol. The Labute approximate surface area is 222 Å². The van der Waals surface area contributed by atoms with E-state index in [1.54, 1.807) is 21.5 Å². The van der Waals surface area contributed by atoms with Crippen LogP contribution in [0.3, 0.4) is 0 Å². The summed E-state index contributed by atoms with van der Waals surface area (Å²) in [5.41, 5.74) is 7.87. The highest BCUT2D eigenvalue weighted by atomic mass is 16.3. The zero-order chi connectivity index (χ0) is 27.5. The second-order valence-electron chi connectivity index (χ2n) is 10.1. The minimum atomic E-state index is -1.81. The van der Waals surface area contributed by atoms with Gasteiger partial charge in [0.2, 0.25) is 0 Å². The minimum absolute atomic E-state index is 0.00558. The predicted octanol–water partition coefficient (Wildman–Crippen LogP) is 5.64. The highest BCUT2D eigenvalue weighted by molar-refractivity contribution is 5.94. The van der Waals surface area contributed by atoms with E-state index in [-0.39, 0.29) is 12.5 Å². The maximum Gasteiger partial charge on any atom is 0.181 e. The van der Waals surface area contributed by atoms with Crippen LogP contribution in [0.5, 0.6) is 0 Å². The largest absolute Gasteiger partial charge is 0.386 e. The van der Waals surface area contributed by atoms with Gasteiger partial charge in [0.15, 0.2) is 5.65 Å². The molecule has 8 heteroatoms. The van der Waals surface area contributed by atoms with E-state index in [1.165, 1.54) is 0 Å². The monoisotopic (exact) mass is 506 g/mol. The Balaban J connectivity index is 1.48. The van der Waals surface area contributed by atoms with Crippen molar-refractivity contribution in [2.45, 2.75) is 46.2 Å². The number of benzene rings is 2. The smallest absolute Gasteiger partial charge is 0.181 e. The summed E-state index contributed by atoms with van der Waals surface area (Å²) in [7, 11) is 1.90. The molecule has 6 aromatic rings. The van der Waals surface area contributed by atoms with Crippen molar-refractivity contribution in [1.82, 2.24) is 34.3 Å². The van der Waals surface area contributed by atoms with Crippen LogP contribution < -0.4 is 0 Å². The molecule has 8 nitrogen and oxygen atoms in total. The summed E-state index contributed by atoms with van der Waals surface area (Å²) >= 11 is 0. The molecule has 0 bridgehead atoms. The number of aryl methyl sites for hydroxylation is 2. The molecule has 0 saturated heterocycles. The summed E-state index contributed by atoms with van der Waals surface area (Å²) < 4.78 is 14.0. The molecule has 0 spiro atoms. The number of nitrogens with zero attached hydrogens (tertiary/aromatic N) is 7. The average Bonchev–Trinajstić information content (AvgIpc) is 3.56. The van der Waals surface area contributed by atoms with Gasteiger partial charge in [-0.15, -0.1) is 0 Å². The lowest BCUT2D eigenvalue weighted by atomic mass is 9.95. The topological polar surface area (TPSA) is 86.6 Å². The summed E-state index contributed by atoms with van der Waals surface area (Å²) in [6.45, 7) is 8.44. The zero-order valence-electron chi connectivity index (χ0n) is 23.2. The van der Waals surface area contributed by atoms with Crippen molar-refractivity contribution in [2.24, 2.45) is 7.05 Å². The second kappa shape index (κ2) is 9.22. The van der Waals surface area contributed by atoms with Crippen molar-refractivity contribution < 1.29 is 6.48 Å². The number of fused-ring (bicyclic) bond motifs is 2. The lowest BCUT2D eigenvalue weighted by Crippen LogP contribution is -2.08. The lowest BCUT2D eigenvalue weighted by molar-refractivity contribution is 0.152. The first-order chi connectivity index (χ1) is 18.6. The molecule has 0 amide bonds. The molecule has 0 fully saturated rings. The van der Waals surface area contributed by atoms with Gasteiger partial charge < -0.3 is 5.11 Å². The average molecular weight is 507 g/mol. The Hall–Kier alpha value is -4.30. The van der Waals surface area contributed by atoms with Crippen molar-refractivity contribution in [2.75, 3.05) is 0 Å². The molecule has 2 aromatic carbocycles. The lowest BCUT2D eigenvalue weighted by Gasteiger charge is -2.10. The van der Waals surface area contributed by atoms with Gasteiger partial charge in [0.05, 0.1) is 36.6 Å². The molecule has 1 N–H and O–H groups in total. The molecule has 0 aliphatic heterocycles. The van der Waals surface area contributed by atoms with Gasteiger partial charge in [-0.05, 0) is 37.5 Å². The van der Waals surface area contributed by atoms with Gasteiger partial charge in [0.1, 0.15) is 0 Å². The first kappa shape index (κ1) is 22.9. The first-order valence-electron chi connectivity index (χ1n) is 13.3. The van der Waals surface area contributed by atoms with Crippen molar-refractivity contribution >= 4 is 21.9 Å². The van der Waals surface area contributed by atoms with E-state index >= 15 is 0 Å². The van der Waals surface area contributed by atoms with Gasteiger partial charge in [0.25, 0.3) is 0 Å². The molecule has 192 valence electrons. The molecule has 1 unspecified atom stereocenters. The molecule has 0 aliphatic carbocycles. The van der Waals surface area contributed by atoms with Crippen molar-refractivity contribution in [3.63, 3.8) is 0 Å². The van der Waals surface area contributed by atoms with Crippen LogP contribution in [-0.2, 0) is 13.6 Å². The number of aromatic nitrogens is 7. The molecular formula is C30H31N7O. The Morgan fingerprint density at radius 3 is 2.53 bits per heavy atom. The summed E-state index contributed by atoms with van der Waals surface area (Å²) in [6, 6.07) is 17.1. The van der Waals surface area contributed by atoms with Crippen LogP contribution in [0, 0.1) is 13.8 Å². The van der Waals surface area contributed by atoms with Crippen LogP contribution in [0.1, 0.15) is 49.7 Å². The van der Waals surface area contributed by atoms with Crippen LogP contribution in [0.2, 0.25) is 0 Å². The van der Waals surface area contributed by atoms with Crippen LogP contribution in [0.25, 0.3) is 38.9 Å². The van der Waals surface area contributed by atoms with Crippen LogP contribution in [0.4, 0.5) is 0 Å². The Kier molecular flexibility index (Phi) is 5.55. The van der Waals surface area contributed by atoms with Crippen LogP contribution in [-0.4, -0.2) is 39.4 Å². The molecule has 0 radical (unpaired) electrons. The normalized spacial score (nSPS) is 13.9. The van der Waals surface area contributed by atoms with Gasteiger partial charge >= 0.3 is 0 Å².